The van der Waals surface area contributed by atoms with Gasteiger partial charge in [-0.25, -0.2) is 0 Å². The first-order valence-electron chi connectivity index (χ1n) is 9.74. The van der Waals surface area contributed by atoms with Crippen LogP contribution in [0.4, 0.5) is 0 Å². The van der Waals surface area contributed by atoms with Gasteiger partial charge in [0.15, 0.2) is 0 Å². The molecule has 134 valence electrons. The van der Waals surface area contributed by atoms with Gasteiger partial charge in [-0.1, -0.05) is 58.8 Å². The van der Waals surface area contributed by atoms with E-state index in [1.807, 2.05) is 13.8 Å². The Morgan fingerprint density at radius 3 is 2.48 bits per heavy atom. The predicted octanol–water partition coefficient (Wildman–Crippen LogP) is 2.85. The highest BCUT2D eigenvalue weighted by Gasteiger charge is 2.29. The van der Waals surface area contributed by atoms with Gasteiger partial charge in [0.25, 0.3) is 0 Å². The second-order valence-corrected chi connectivity index (χ2v) is 8.02. The Labute approximate surface area is 141 Å². The van der Waals surface area contributed by atoms with E-state index in [0.717, 1.165) is 18.9 Å². The number of piperidine rings is 1. The Kier molecular flexibility index (Phi) is 7.84. The van der Waals surface area contributed by atoms with E-state index in [4.69, 9.17) is 0 Å². The second-order valence-electron chi connectivity index (χ2n) is 8.02. The summed E-state index contributed by atoms with van der Waals surface area (Å²) in [6, 6.07) is -0.208. The van der Waals surface area contributed by atoms with E-state index in [9.17, 15) is 9.90 Å². The largest absolute Gasteiger partial charge is 0.394 e. The number of nitrogens with one attached hydrogen (secondary N) is 2. The van der Waals surface area contributed by atoms with Gasteiger partial charge in [-0.2, -0.15) is 0 Å². The molecule has 1 saturated heterocycles. The maximum absolute atomic E-state index is 12.4. The third-order valence-corrected chi connectivity index (χ3v) is 5.87. The summed E-state index contributed by atoms with van der Waals surface area (Å²) >= 11 is 0. The molecule has 3 N–H and O–H groups in total. The van der Waals surface area contributed by atoms with Crippen molar-refractivity contribution in [3.8, 4) is 0 Å². The lowest BCUT2D eigenvalue weighted by molar-refractivity contribution is -0.125. The summed E-state index contributed by atoms with van der Waals surface area (Å²) in [5.74, 6) is 1.95. The first-order valence-corrected chi connectivity index (χ1v) is 9.74. The molecule has 3 atom stereocenters. The van der Waals surface area contributed by atoms with Crippen LogP contribution in [0.2, 0.25) is 0 Å². The van der Waals surface area contributed by atoms with Gasteiger partial charge in [0.2, 0.25) is 5.91 Å². The third kappa shape index (κ3) is 6.07. The molecule has 3 unspecified atom stereocenters. The molecule has 0 radical (unpaired) electrons. The Morgan fingerprint density at radius 1 is 1.13 bits per heavy atom. The molecule has 1 heterocycles. The molecule has 4 heteroatoms. The van der Waals surface area contributed by atoms with Crippen molar-refractivity contribution >= 4 is 5.91 Å². The molecule has 23 heavy (non-hydrogen) atoms. The van der Waals surface area contributed by atoms with Crippen LogP contribution >= 0.6 is 0 Å². The minimum atomic E-state index is -0.132. The summed E-state index contributed by atoms with van der Waals surface area (Å²) in [6.07, 6.45) is 11.9. The van der Waals surface area contributed by atoms with Crippen LogP contribution in [0, 0.1) is 17.8 Å². The minimum absolute atomic E-state index is 0.0151. The number of carbonyl (C=O) groups is 1. The molecule has 0 aromatic heterocycles. The monoisotopic (exact) mass is 324 g/mol. The van der Waals surface area contributed by atoms with Gasteiger partial charge in [-0.15, -0.1) is 0 Å². The second kappa shape index (κ2) is 9.63. The molecular formula is C19H36N2O2. The van der Waals surface area contributed by atoms with Crippen LogP contribution < -0.4 is 10.6 Å². The summed E-state index contributed by atoms with van der Waals surface area (Å²) < 4.78 is 0. The molecule has 2 aliphatic rings. The SMILES string of the molecule is CC(C)C(CO)NC(=O)C1CC(CCC2CCCCC2)CCN1. The molecule has 0 aromatic carbocycles. The van der Waals surface area contributed by atoms with Crippen molar-refractivity contribution in [3.63, 3.8) is 0 Å². The van der Waals surface area contributed by atoms with Crippen molar-refractivity contribution in [1.29, 1.82) is 0 Å². The van der Waals surface area contributed by atoms with Crippen LogP contribution in [0.3, 0.4) is 0 Å². The van der Waals surface area contributed by atoms with E-state index in [1.165, 1.54) is 51.4 Å². The normalized spacial score (nSPS) is 27.8. The van der Waals surface area contributed by atoms with E-state index in [1.54, 1.807) is 0 Å². The number of hydrogen-bond acceptors (Lipinski definition) is 3. The number of rotatable bonds is 7. The fraction of sp³-hybridized carbons (Fsp3) is 0.947. The molecule has 2 rings (SSSR count). The van der Waals surface area contributed by atoms with Gasteiger partial charge in [0, 0.05) is 0 Å². The molecule has 1 aliphatic carbocycles. The fourth-order valence-corrected chi connectivity index (χ4v) is 4.11. The van der Waals surface area contributed by atoms with Crippen molar-refractivity contribution in [3.05, 3.63) is 0 Å². The topological polar surface area (TPSA) is 61.4 Å². The van der Waals surface area contributed by atoms with Crippen molar-refractivity contribution in [2.45, 2.75) is 83.7 Å². The molecule has 0 bridgehead atoms. The summed E-state index contributed by atoms with van der Waals surface area (Å²) in [7, 11) is 0. The molecule has 4 nitrogen and oxygen atoms in total. The number of aliphatic hydroxyl groups excluding tert-OH is 1. The lowest BCUT2D eigenvalue weighted by Crippen LogP contribution is -2.53. The maximum atomic E-state index is 12.4. The molecule has 1 aliphatic heterocycles. The van der Waals surface area contributed by atoms with Crippen molar-refractivity contribution in [1.82, 2.24) is 10.6 Å². The van der Waals surface area contributed by atoms with Crippen LogP contribution in [0.15, 0.2) is 0 Å². The number of hydrogen-bond donors (Lipinski definition) is 3. The van der Waals surface area contributed by atoms with E-state index in [2.05, 4.69) is 10.6 Å². The molecule has 1 saturated carbocycles. The van der Waals surface area contributed by atoms with Crippen LogP contribution in [0.1, 0.15) is 71.6 Å². The summed E-state index contributed by atoms with van der Waals surface area (Å²) in [5, 5.41) is 15.8. The summed E-state index contributed by atoms with van der Waals surface area (Å²) in [5.41, 5.74) is 0. The summed E-state index contributed by atoms with van der Waals surface area (Å²) in [6.45, 7) is 5.02. The number of carbonyl (C=O) groups excluding carboxylic acids is 1. The van der Waals surface area contributed by atoms with Crippen LogP contribution in [-0.4, -0.2) is 36.2 Å². The zero-order valence-electron chi connectivity index (χ0n) is 15.0. The van der Waals surface area contributed by atoms with E-state index in [0.29, 0.717) is 5.92 Å². The smallest absolute Gasteiger partial charge is 0.237 e. The van der Waals surface area contributed by atoms with Crippen LogP contribution in [-0.2, 0) is 4.79 Å². The molecule has 2 fully saturated rings. The maximum Gasteiger partial charge on any atom is 0.237 e. The lowest BCUT2D eigenvalue weighted by Gasteiger charge is -2.32. The molecular weight excluding hydrogens is 288 g/mol. The predicted molar refractivity (Wildman–Crippen MR) is 94.2 cm³/mol. The van der Waals surface area contributed by atoms with Gasteiger partial charge in [0.1, 0.15) is 0 Å². The van der Waals surface area contributed by atoms with Crippen molar-refractivity contribution in [2.24, 2.45) is 17.8 Å². The standard InChI is InChI=1S/C19H36N2O2/c1-14(2)18(13-22)21-19(23)17-12-16(10-11-20-17)9-8-15-6-4-3-5-7-15/h14-18,20,22H,3-13H2,1-2H3,(H,21,23). The Bertz CT molecular complexity index is 353. The van der Waals surface area contributed by atoms with Gasteiger partial charge in [-0.05, 0) is 37.1 Å². The van der Waals surface area contributed by atoms with Crippen molar-refractivity contribution < 1.29 is 9.90 Å². The highest BCUT2D eigenvalue weighted by Crippen LogP contribution is 2.31. The average Bonchev–Trinajstić information content (AvgIpc) is 2.58. The lowest BCUT2D eigenvalue weighted by atomic mass is 9.81. The Hall–Kier alpha value is -0.610. The quantitative estimate of drug-likeness (QED) is 0.675. The fourth-order valence-electron chi connectivity index (χ4n) is 4.11. The highest BCUT2D eigenvalue weighted by molar-refractivity contribution is 5.82. The zero-order chi connectivity index (χ0) is 16.7. The van der Waals surface area contributed by atoms with E-state index in [-0.39, 0.29) is 30.5 Å². The van der Waals surface area contributed by atoms with Gasteiger partial charge in [0.05, 0.1) is 18.7 Å². The van der Waals surface area contributed by atoms with E-state index >= 15 is 0 Å². The Balaban J connectivity index is 1.74. The first kappa shape index (κ1) is 18.7. The first-order chi connectivity index (χ1) is 11.1. The van der Waals surface area contributed by atoms with E-state index < -0.39 is 0 Å². The van der Waals surface area contributed by atoms with Crippen LogP contribution in [0.25, 0.3) is 0 Å². The zero-order valence-corrected chi connectivity index (χ0v) is 15.0. The van der Waals surface area contributed by atoms with Gasteiger partial charge >= 0.3 is 0 Å². The number of amides is 1. The minimum Gasteiger partial charge on any atom is -0.394 e. The van der Waals surface area contributed by atoms with Crippen LogP contribution in [0.5, 0.6) is 0 Å². The molecule has 1 amide bonds. The molecule has 0 spiro atoms. The highest BCUT2D eigenvalue weighted by atomic mass is 16.3. The number of aliphatic hydroxyl groups is 1. The van der Waals surface area contributed by atoms with Gasteiger partial charge < -0.3 is 15.7 Å². The third-order valence-electron chi connectivity index (χ3n) is 5.87. The van der Waals surface area contributed by atoms with Gasteiger partial charge in [-0.3, -0.25) is 4.79 Å². The van der Waals surface area contributed by atoms with Crippen molar-refractivity contribution in [2.75, 3.05) is 13.2 Å². The average molecular weight is 325 g/mol. The summed E-state index contributed by atoms with van der Waals surface area (Å²) in [4.78, 5) is 12.4. The Morgan fingerprint density at radius 2 is 1.83 bits per heavy atom. The molecule has 0 aromatic rings.